The van der Waals surface area contributed by atoms with E-state index in [0.717, 1.165) is 4.47 Å². The molecule has 0 spiro atoms. The molecule has 1 aromatic carbocycles. The third kappa shape index (κ3) is 4.46. The number of hydrazine groups is 1. The Kier molecular flexibility index (Phi) is 5.80. The Labute approximate surface area is 114 Å². The summed E-state index contributed by atoms with van der Waals surface area (Å²) in [5, 5.41) is 0. The summed E-state index contributed by atoms with van der Waals surface area (Å²) in [6.07, 6.45) is -0.597. The molecule has 1 atom stereocenters. The normalized spacial score (nSPS) is 11.7. The molecule has 2 N–H and O–H groups in total. The smallest absolute Gasteiger partial charge is 0.269 e. The van der Waals surface area contributed by atoms with Crippen LogP contribution in [0.2, 0.25) is 0 Å². The van der Waals surface area contributed by atoms with Gasteiger partial charge in [0.1, 0.15) is 6.10 Å². The largest absolute Gasteiger partial charge is 0.369 e. The van der Waals surface area contributed by atoms with Gasteiger partial charge < -0.3 is 4.74 Å². The van der Waals surface area contributed by atoms with Crippen molar-refractivity contribution in [2.45, 2.75) is 20.0 Å². The molecule has 18 heavy (non-hydrogen) atoms. The molecule has 1 rings (SSSR count). The highest BCUT2D eigenvalue weighted by atomic mass is 79.9. The highest BCUT2D eigenvalue weighted by Gasteiger charge is 2.13. The number of carbonyl (C=O) groups excluding carboxylic acids is 2. The van der Waals surface area contributed by atoms with E-state index in [-0.39, 0.29) is 11.8 Å². The molecule has 1 aromatic rings. The van der Waals surface area contributed by atoms with E-state index >= 15 is 0 Å². The van der Waals surface area contributed by atoms with E-state index in [4.69, 9.17) is 4.74 Å². The Bertz CT molecular complexity index is 420. The van der Waals surface area contributed by atoms with Gasteiger partial charge in [-0.05, 0) is 38.1 Å². The Morgan fingerprint density at radius 3 is 2.44 bits per heavy atom. The van der Waals surface area contributed by atoms with Crippen LogP contribution in [0.1, 0.15) is 24.2 Å². The third-order valence-electron chi connectivity index (χ3n) is 2.19. The molecule has 0 aliphatic carbocycles. The average molecular weight is 315 g/mol. The minimum absolute atomic E-state index is 0.375. The molecule has 0 aliphatic rings. The van der Waals surface area contributed by atoms with Crippen molar-refractivity contribution in [3.05, 3.63) is 34.3 Å². The standard InChI is InChI=1S/C12H15BrN2O3/c1-3-18-8(2)11(16)14-15-12(17)9-4-6-10(13)7-5-9/h4-8H,3H2,1-2H3,(H,14,16)(H,15,17). The van der Waals surface area contributed by atoms with Crippen molar-refractivity contribution >= 4 is 27.7 Å². The molecular formula is C12H15BrN2O3. The highest BCUT2D eigenvalue weighted by molar-refractivity contribution is 9.10. The lowest BCUT2D eigenvalue weighted by Gasteiger charge is -2.12. The molecule has 0 fully saturated rings. The third-order valence-corrected chi connectivity index (χ3v) is 2.72. The van der Waals surface area contributed by atoms with E-state index in [0.29, 0.717) is 12.2 Å². The fourth-order valence-electron chi connectivity index (χ4n) is 1.22. The lowest BCUT2D eigenvalue weighted by atomic mass is 10.2. The van der Waals surface area contributed by atoms with Crippen molar-refractivity contribution in [2.75, 3.05) is 6.61 Å². The van der Waals surface area contributed by atoms with Crippen molar-refractivity contribution in [3.8, 4) is 0 Å². The van der Waals surface area contributed by atoms with Crippen molar-refractivity contribution < 1.29 is 14.3 Å². The Morgan fingerprint density at radius 1 is 1.28 bits per heavy atom. The SMILES string of the molecule is CCOC(C)C(=O)NNC(=O)c1ccc(Br)cc1. The van der Waals surface area contributed by atoms with Crippen LogP contribution < -0.4 is 10.9 Å². The predicted molar refractivity (Wildman–Crippen MR) is 70.8 cm³/mol. The Balaban J connectivity index is 2.46. The van der Waals surface area contributed by atoms with Gasteiger partial charge in [0.05, 0.1) is 0 Å². The number of amides is 2. The van der Waals surface area contributed by atoms with Crippen LogP contribution in [0.25, 0.3) is 0 Å². The van der Waals surface area contributed by atoms with Gasteiger partial charge in [0.2, 0.25) is 0 Å². The molecule has 5 nitrogen and oxygen atoms in total. The monoisotopic (exact) mass is 314 g/mol. The van der Waals surface area contributed by atoms with Gasteiger partial charge in [0, 0.05) is 16.6 Å². The molecule has 0 saturated carbocycles. The molecule has 0 bridgehead atoms. The maximum absolute atomic E-state index is 11.7. The van der Waals surface area contributed by atoms with Gasteiger partial charge >= 0.3 is 0 Å². The summed E-state index contributed by atoms with van der Waals surface area (Å²) >= 11 is 3.28. The summed E-state index contributed by atoms with van der Waals surface area (Å²) in [6, 6.07) is 6.80. The van der Waals surface area contributed by atoms with E-state index < -0.39 is 6.10 Å². The van der Waals surface area contributed by atoms with Gasteiger partial charge in [-0.3, -0.25) is 20.4 Å². The second-order valence-corrected chi connectivity index (χ2v) is 4.46. The van der Waals surface area contributed by atoms with Gasteiger partial charge in [0.25, 0.3) is 11.8 Å². The van der Waals surface area contributed by atoms with Crippen LogP contribution in [0.5, 0.6) is 0 Å². The first-order valence-corrected chi connectivity index (χ1v) is 6.31. The summed E-state index contributed by atoms with van der Waals surface area (Å²) in [5.74, 6) is -0.762. The first-order chi connectivity index (χ1) is 8.54. The van der Waals surface area contributed by atoms with Crippen LogP contribution in [0, 0.1) is 0 Å². The van der Waals surface area contributed by atoms with Gasteiger partial charge in [-0.15, -0.1) is 0 Å². The minimum Gasteiger partial charge on any atom is -0.369 e. The molecule has 0 aromatic heterocycles. The molecule has 1 unspecified atom stereocenters. The number of halogens is 1. The number of benzene rings is 1. The lowest BCUT2D eigenvalue weighted by molar-refractivity contribution is -0.132. The van der Waals surface area contributed by atoms with E-state index in [1.54, 1.807) is 38.1 Å². The number of hydrogen-bond donors (Lipinski definition) is 2. The molecular weight excluding hydrogens is 300 g/mol. The molecule has 6 heteroatoms. The predicted octanol–water partition coefficient (Wildman–Crippen LogP) is 1.64. The fourth-order valence-corrected chi connectivity index (χ4v) is 1.48. The minimum atomic E-state index is -0.597. The van der Waals surface area contributed by atoms with Crippen molar-refractivity contribution in [2.24, 2.45) is 0 Å². The summed E-state index contributed by atoms with van der Waals surface area (Å²) in [7, 11) is 0. The van der Waals surface area contributed by atoms with Crippen LogP contribution >= 0.6 is 15.9 Å². The second-order valence-electron chi connectivity index (χ2n) is 3.55. The van der Waals surface area contributed by atoms with Crippen molar-refractivity contribution in [3.63, 3.8) is 0 Å². The Hall–Kier alpha value is -1.40. The maximum atomic E-state index is 11.7. The van der Waals surface area contributed by atoms with Gasteiger partial charge in [-0.1, -0.05) is 15.9 Å². The molecule has 0 heterocycles. The van der Waals surface area contributed by atoms with Gasteiger partial charge in [0.15, 0.2) is 0 Å². The van der Waals surface area contributed by atoms with E-state index in [1.165, 1.54) is 0 Å². The fraction of sp³-hybridized carbons (Fsp3) is 0.333. The number of ether oxygens (including phenoxy) is 1. The zero-order valence-corrected chi connectivity index (χ0v) is 11.8. The van der Waals surface area contributed by atoms with Crippen LogP contribution in [0.4, 0.5) is 0 Å². The number of hydrogen-bond acceptors (Lipinski definition) is 3. The summed E-state index contributed by atoms with van der Waals surface area (Å²) in [4.78, 5) is 23.1. The molecule has 0 saturated heterocycles. The average Bonchev–Trinajstić information content (AvgIpc) is 2.36. The van der Waals surface area contributed by atoms with Crippen LogP contribution in [0.15, 0.2) is 28.7 Å². The quantitative estimate of drug-likeness (QED) is 0.830. The van der Waals surface area contributed by atoms with E-state index in [1.807, 2.05) is 0 Å². The Morgan fingerprint density at radius 2 is 1.89 bits per heavy atom. The number of nitrogens with one attached hydrogen (secondary N) is 2. The number of rotatable bonds is 4. The van der Waals surface area contributed by atoms with Crippen LogP contribution in [-0.4, -0.2) is 24.5 Å². The van der Waals surface area contributed by atoms with E-state index in [9.17, 15) is 9.59 Å². The molecule has 98 valence electrons. The zero-order chi connectivity index (χ0) is 13.5. The maximum Gasteiger partial charge on any atom is 0.269 e. The first-order valence-electron chi connectivity index (χ1n) is 5.52. The molecule has 0 radical (unpaired) electrons. The molecule has 0 aliphatic heterocycles. The highest BCUT2D eigenvalue weighted by Crippen LogP contribution is 2.10. The summed E-state index contributed by atoms with van der Waals surface area (Å²) in [5.41, 5.74) is 5.09. The van der Waals surface area contributed by atoms with Crippen molar-refractivity contribution in [1.29, 1.82) is 0 Å². The first kappa shape index (κ1) is 14.7. The lowest BCUT2D eigenvalue weighted by Crippen LogP contribution is -2.46. The number of carbonyl (C=O) groups is 2. The van der Waals surface area contributed by atoms with Gasteiger partial charge in [-0.2, -0.15) is 0 Å². The topological polar surface area (TPSA) is 67.4 Å². The summed E-state index contributed by atoms with van der Waals surface area (Å²) < 4.78 is 5.97. The van der Waals surface area contributed by atoms with Crippen LogP contribution in [0.3, 0.4) is 0 Å². The van der Waals surface area contributed by atoms with E-state index in [2.05, 4.69) is 26.8 Å². The summed E-state index contributed by atoms with van der Waals surface area (Å²) in [6.45, 7) is 3.85. The van der Waals surface area contributed by atoms with Gasteiger partial charge in [-0.25, -0.2) is 0 Å². The zero-order valence-electron chi connectivity index (χ0n) is 10.2. The second kappa shape index (κ2) is 7.13. The molecule has 2 amide bonds. The van der Waals surface area contributed by atoms with Crippen molar-refractivity contribution in [1.82, 2.24) is 10.9 Å². The van der Waals surface area contributed by atoms with Crippen LogP contribution in [-0.2, 0) is 9.53 Å².